The molecule has 7 heteroatoms. The molecule has 3 N–H and O–H groups in total. The van der Waals surface area contributed by atoms with E-state index in [1.807, 2.05) is 0 Å². The van der Waals surface area contributed by atoms with E-state index in [2.05, 4.69) is 10.1 Å². The molecule has 0 aliphatic rings. The van der Waals surface area contributed by atoms with Crippen LogP contribution in [0.2, 0.25) is 5.02 Å². The van der Waals surface area contributed by atoms with Crippen molar-refractivity contribution >= 4 is 17.4 Å². The van der Waals surface area contributed by atoms with Crippen LogP contribution in [-0.2, 0) is 0 Å². The highest BCUT2D eigenvalue weighted by molar-refractivity contribution is 6.30. The molecule has 0 radical (unpaired) electrons. The first-order valence-corrected chi connectivity index (χ1v) is 5.97. The molecule has 2 rings (SSSR count). The zero-order chi connectivity index (χ0) is 14.7. The molecule has 1 heterocycles. The number of aromatic nitrogens is 1. The van der Waals surface area contributed by atoms with Gasteiger partial charge in [0.25, 0.3) is 0 Å². The van der Waals surface area contributed by atoms with Crippen LogP contribution in [0.3, 0.4) is 0 Å². The Labute approximate surface area is 119 Å². The molecule has 0 unspecified atom stereocenters. The van der Waals surface area contributed by atoms with Gasteiger partial charge in [0, 0.05) is 23.4 Å². The van der Waals surface area contributed by atoms with Crippen LogP contribution in [0.1, 0.15) is 11.3 Å². The molecule has 1 aromatic heterocycles. The number of hydrogen-bond donors (Lipinski definition) is 2. The van der Waals surface area contributed by atoms with E-state index in [-0.39, 0.29) is 22.5 Å². The van der Waals surface area contributed by atoms with Crippen LogP contribution in [0, 0.1) is 12.7 Å². The lowest BCUT2D eigenvalue weighted by Crippen LogP contribution is -2.13. The number of nitrogens with two attached hydrogens (primary N) is 1. The molecular formula is C13H11ClFN3O2. The van der Waals surface area contributed by atoms with Crippen molar-refractivity contribution in [2.24, 2.45) is 10.9 Å². The summed E-state index contributed by atoms with van der Waals surface area (Å²) in [6.07, 6.45) is 0. The summed E-state index contributed by atoms with van der Waals surface area (Å²) in [6, 6.07) is 7.15. The monoisotopic (exact) mass is 295 g/mol. The van der Waals surface area contributed by atoms with Crippen molar-refractivity contribution in [1.82, 2.24) is 4.98 Å². The summed E-state index contributed by atoms with van der Waals surface area (Å²) in [4.78, 5) is 4.13. The maximum Gasteiger partial charge on any atom is 0.220 e. The normalized spacial score (nSPS) is 11.4. The van der Waals surface area contributed by atoms with Crippen LogP contribution in [0.25, 0.3) is 0 Å². The van der Waals surface area contributed by atoms with Crippen molar-refractivity contribution in [3.8, 4) is 11.6 Å². The number of pyridine rings is 1. The van der Waals surface area contributed by atoms with E-state index in [0.29, 0.717) is 11.3 Å². The predicted octanol–water partition coefficient (Wildman–Crippen LogP) is 3.07. The zero-order valence-electron chi connectivity index (χ0n) is 10.5. The van der Waals surface area contributed by atoms with Gasteiger partial charge in [-0.15, -0.1) is 0 Å². The summed E-state index contributed by atoms with van der Waals surface area (Å²) in [6.45, 7) is 1.73. The molecule has 104 valence electrons. The van der Waals surface area contributed by atoms with Gasteiger partial charge in [0.1, 0.15) is 11.6 Å². The Morgan fingerprint density at radius 1 is 1.40 bits per heavy atom. The highest BCUT2D eigenvalue weighted by Crippen LogP contribution is 2.25. The highest BCUT2D eigenvalue weighted by atomic mass is 35.5. The second-order valence-corrected chi connectivity index (χ2v) is 4.41. The molecule has 0 spiro atoms. The molecule has 2 aromatic rings. The third-order valence-corrected chi connectivity index (χ3v) is 2.75. The van der Waals surface area contributed by atoms with Crippen LogP contribution >= 0.6 is 11.6 Å². The van der Waals surface area contributed by atoms with Crippen molar-refractivity contribution in [2.75, 3.05) is 0 Å². The van der Waals surface area contributed by atoms with Gasteiger partial charge in [0.15, 0.2) is 5.84 Å². The minimum absolute atomic E-state index is 0.00639. The lowest BCUT2D eigenvalue weighted by molar-refractivity contribution is 0.318. The minimum atomic E-state index is -0.589. The molecule has 0 atom stereocenters. The fourth-order valence-electron chi connectivity index (χ4n) is 1.56. The summed E-state index contributed by atoms with van der Waals surface area (Å²) in [5, 5.41) is 11.6. The van der Waals surface area contributed by atoms with Crippen molar-refractivity contribution < 1.29 is 14.3 Å². The highest BCUT2D eigenvalue weighted by Gasteiger charge is 2.08. The van der Waals surface area contributed by atoms with Gasteiger partial charge in [-0.25, -0.2) is 9.37 Å². The Kier molecular flexibility index (Phi) is 4.05. The second kappa shape index (κ2) is 5.75. The smallest absolute Gasteiger partial charge is 0.220 e. The van der Waals surface area contributed by atoms with Crippen LogP contribution in [0.4, 0.5) is 4.39 Å². The Morgan fingerprint density at radius 3 is 2.80 bits per heavy atom. The van der Waals surface area contributed by atoms with E-state index in [9.17, 15) is 4.39 Å². The molecule has 0 fully saturated rings. The van der Waals surface area contributed by atoms with Crippen molar-refractivity contribution in [1.29, 1.82) is 0 Å². The van der Waals surface area contributed by atoms with Crippen LogP contribution in [0.5, 0.6) is 11.6 Å². The number of aryl methyl sites for hydroxylation is 1. The van der Waals surface area contributed by atoms with E-state index in [4.69, 9.17) is 27.3 Å². The summed E-state index contributed by atoms with van der Waals surface area (Å²) in [5.41, 5.74) is 6.57. The summed E-state index contributed by atoms with van der Waals surface area (Å²) in [7, 11) is 0. The van der Waals surface area contributed by atoms with Gasteiger partial charge < -0.3 is 15.7 Å². The van der Waals surface area contributed by atoms with Gasteiger partial charge in [-0.1, -0.05) is 16.8 Å². The average molecular weight is 296 g/mol. The molecule has 0 bridgehead atoms. The van der Waals surface area contributed by atoms with Gasteiger partial charge in [0.05, 0.1) is 5.02 Å². The van der Waals surface area contributed by atoms with Gasteiger partial charge in [-0.2, -0.15) is 0 Å². The molecule has 5 nitrogen and oxygen atoms in total. The van der Waals surface area contributed by atoms with Crippen molar-refractivity contribution in [3.05, 3.63) is 52.4 Å². The topological polar surface area (TPSA) is 80.7 Å². The lowest BCUT2D eigenvalue weighted by atomic mass is 10.2. The third-order valence-electron chi connectivity index (χ3n) is 2.45. The Hall–Kier alpha value is -2.34. The fourth-order valence-corrected chi connectivity index (χ4v) is 1.67. The van der Waals surface area contributed by atoms with Gasteiger partial charge in [-0.05, 0) is 25.1 Å². The largest absolute Gasteiger partial charge is 0.439 e. The number of rotatable bonds is 3. The molecular weight excluding hydrogens is 285 g/mol. The molecule has 0 amide bonds. The summed E-state index contributed by atoms with van der Waals surface area (Å²) in [5.74, 6) is -0.208. The summed E-state index contributed by atoms with van der Waals surface area (Å²) >= 11 is 5.59. The van der Waals surface area contributed by atoms with Gasteiger partial charge in [0.2, 0.25) is 5.88 Å². The van der Waals surface area contributed by atoms with Crippen LogP contribution in [-0.4, -0.2) is 16.0 Å². The maximum absolute atomic E-state index is 13.3. The quantitative estimate of drug-likeness (QED) is 0.395. The fraction of sp³-hybridized carbons (Fsp3) is 0.0769. The number of oxime groups is 1. The average Bonchev–Trinajstić information content (AvgIpc) is 2.41. The molecule has 0 saturated carbocycles. The van der Waals surface area contributed by atoms with E-state index in [0.717, 1.165) is 6.07 Å². The first-order chi connectivity index (χ1) is 9.49. The minimum Gasteiger partial charge on any atom is -0.439 e. The standard InChI is InChI=1S/C13H11ClFN3O2/c1-7-4-8(13(16)18-19)5-12(17-7)20-9-2-3-10(14)11(15)6-9/h2-6,19H,1H3,(H2,16,18). The van der Waals surface area contributed by atoms with E-state index in [1.54, 1.807) is 13.0 Å². The first kappa shape index (κ1) is 14.1. The Balaban J connectivity index is 2.33. The van der Waals surface area contributed by atoms with Crippen LogP contribution in [0.15, 0.2) is 35.5 Å². The van der Waals surface area contributed by atoms with Crippen molar-refractivity contribution in [2.45, 2.75) is 6.92 Å². The van der Waals surface area contributed by atoms with E-state index < -0.39 is 5.82 Å². The molecule has 0 saturated heterocycles. The second-order valence-electron chi connectivity index (χ2n) is 4.00. The van der Waals surface area contributed by atoms with Crippen molar-refractivity contribution in [3.63, 3.8) is 0 Å². The Morgan fingerprint density at radius 2 is 2.15 bits per heavy atom. The number of amidine groups is 1. The number of halogens is 2. The molecule has 20 heavy (non-hydrogen) atoms. The van der Waals surface area contributed by atoms with E-state index >= 15 is 0 Å². The first-order valence-electron chi connectivity index (χ1n) is 5.59. The van der Waals surface area contributed by atoms with Gasteiger partial charge in [-0.3, -0.25) is 0 Å². The predicted molar refractivity (Wildman–Crippen MR) is 73.0 cm³/mol. The lowest BCUT2D eigenvalue weighted by Gasteiger charge is -2.08. The SMILES string of the molecule is Cc1cc(/C(N)=N/O)cc(Oc2ccc(Cl)c(F)c2)n1. The van der Waals surface area contributed by atoms with E-state index in [1.165, 1.54) is 18.2 Å². The maximum atomic E-state index is 13.3. The molecule has 0 aliphatic heterocycles. The summed E-state index contributed by atoms with van der Waals surface area (Å²) < 4.78 is 18.7. The Bertz CT molecular complexity index is 677. The third kappa shape index (κ3) is 3.16. The molecule has 1 aromatic carbocycles. The number of ether oxygens (including phenoxy) is 1. The van der Waals surface area contributed by atoms with Gasteiger partial charge >= 0.3 is 0 Å². The number of nitrogens with zero attached hydrogens (tertiary/aromatic N) is 2. The number of hydrogen-bond acceptors (Lipinski definition) is 4. The van der Waals surface area contributed by atoms with Crippen LogP contribution < -0.4 is 10.5 Å². The number of benzene rings is 1. The zero-order valence-corrected chi connectivity index (χ0v) is 11.2. The molecule has 0 aliphatic carbocycles.